The molecule has 1 N–H and O–H groups in total. The molecule has 0 spiro atoms. The number of para-hydroxylation sites is 1. The van der Waals surface area contributed by atoms with Crippen LogP contribution in [0.4, 0.5) is 0 Å². The van der Waals surface area contributed by atoms with Crippen molar-refractivity contribution in [3.05, 3.63) is 49.1 Å². The molecule has 94 valence electrons. The molecule has 0 saturated carbocycles. The molecule has 5 nitrogen and oxygen atoms in total. The molecule has 1 aromatic heterocycles. The van der Waals surface area contributed by atoms with Crippen molar-refractivity contribution >= 4 is 5.91 Å². The Morgan fingerprint density at radius 3 is 2.89 bits per heavy atom. The number of carbonyl (C=O) groups is 1. The van der Waals surface area contributed by atoms with E-state index in [0.717, 1.165) is 0 Å². The van der Waals surface area contributed by atoms with Crippen molar-refractivity contribution in [2.75, 3.05) is 13.2 Å². The minimum absolute atomic E-state index is 0.0357. The lowest BCUT2D eigenvalue weighted by Crippen LogP contribution is -2.31. The largest absolute Gasteiger partial charge is 0.484 e. The number of benzene rings is 1. The maximum Gasteiger partial charge on any atom is 0.258 e. The molecule has 0 fully saturated rings. The lowest BCUT2D eigenvalue weighted by atomic mass is 10.3. The molecular weight excluding hydrogens is 230 g/mol. The van der Waals surface area contributed by atoms with Crippen LogP contribution in [0.2, 0.25) is 0 Å². The molecule has 0 bridgehead atoms. The van der Waals surface area contributed by atoms with Crippen LogP contribution in [0.15, 0.2) is 49.1 Å². The predicted molar refractivity (Wildman–Crippen MR) is 67.2 cm³/mol. The summed E-state index contributed by atoms with van der Waals surface area (Å²) in [5.41, 5.74) is 0. The Morgan fingerprint density at radius 2 is 2.17 bits per heavy atom. The number of amides is 1. The van der Waals surface area contributed by atoms with Crippen LogP contribution < -0.4 is 10.1 Å². The Balaban J connectivity index is 1.63. The van der Waals surface area contributed by atoms with E-state index in [0.29, 0.717) is 18.8 Å². The van der Waals surface area contributed by atoms with E-state index in [1.165, 1.54) is 0 Å². The number of aromatic nitrogens is 2. The van der Waals surface area contributed by atoms with E-state index in [-0.39, 0.29) is 12.5 Å². The zero-order chi connectivity index (χ0) is 12.6. The molecule has 18 heavy (non-hydrogen) atoms. The van der Waals surface area contributed by atoms with Gasteiger partial charge in [0.1, 0.15) is 5.75 Å². The summed E-state index contributed by atoms with van der Waals surface area (Å²) in [6.07, 6.45) is 5.28. The molecule has 0 aliphatic heterocycles. The van der Waals surface area contributed by atoms with Crippen LogP contribution in [-0.4, -0.2) is 28.6 Å². The number of hydrogen-bond donors (Lipinski definition) is 1. The van der Waals surface area contributed by atoms with Crippen LogP contribution in [-0.2, 0) is 11.3 Å². The smallest absolute Gasteiger partial charge is 0.258 e. The Labute approximate surface area is 105 Å². The highest BCUT2D eigenvalue weighted by molar-refractivity contribution is 5.77. The highest BCUT2D eigenvalue weighted by atomic mass is 16.5. The maximum absolute atomic E-state index is 11.5. The topological polar surface area (TPSA) is 56.1 Å². The molecule has 2 aromatic rings. The average Bonchev–Trinajstić information content (AvgIpc) is 2.91. The zero-order valence-electron chi connectivity index (χ0n) is 9.95. The highest BCUT2D eigenvalue weighted by Crippen LogP contribution is 2.07. The molecule has 1 heterocycles. The molecule has 0 atom stereocenters. The summed E-state index contributed by atoms with van der Waals surface area (Å²) in [6, 6.07) is 9.27. The number of nitrogens with one attached hydrogen (secondary N) is 1. The summed E-state index contributed by atoms with van der Waals surface area (Å²) < 4.78 is 7.23. The molecule has 0 unspecified atom stereocenters. The van der Waals surface area contributed by atoms with Gasteiger partial charge in [-0.2, -0.15) is 0 Å². The molecule has 0 aliphatic rings. The van der Waals surface area contributed by atoms with E-state index in [2.05, 4.69) is 10.3 Å². The summed E-state index contributed by atoms with van der Waals surface area (Å²) in [5.74, 6) is 0.571. The van der Waals surface area contributed by atoms with Crippen molar-refractivity contribution in [3.63, 3.8) is 0 Å². The first kappa shape index (κ1) is 12.2. The van der Waals surface area contributed by atoms with Gasteiger partial charge in [-0.1, -0.05) is 18.2 Å². The monoisotopic (exact) mass is 245 g/mol. The maximum atomic E-state index is 11.5. The Kier molecular flexibility index (Phi) is 4.35. The van der Waals surface area contributed by atoms with Crippen LogP contribution in [0.25, 0.3) is 0 Å². The van der Waals surface area contributed by atoms with Crippen LogP contribution in [0.1, 0.15) is 0 Å². The summed E-state index contributed by atoms with van der Waals surface area (Å²) >= 11 is 0. The lowest BCUT2D eigenvalue weighted by molar-refractivity contribution is -0.123. The van der Waals surface area contributed by atoms with Gasteiger partial charge in [0.15, 0.2) is 6.61 Å². The first-order valence-corrected chi connectivity index (χ1v) is 5.75. The molecule has 0 radical (unpaired) electrons. The van der Waals surface area contributed by atoms with Crippen LogP contribution in [0.3, 0.4) is 0 Å². The summed E-state index contributed by atoms with van der Waals surface area (Å²) in [4.78, 5) is 15.4. The van der Waals surface area contributed by atoms with Crippen molar-refractivity contribution in [2.24, 2.45) is 0 Å². The third kappa shape index (κ3) is 3.93. The first-order valence-electron chi connectivity index (χ1n) is 5.75. The SMILES string of the molecule is O=C(COc1ccccc1)NCCn1ccnc1. The molecule has 0 aliphatic carbocycles. The fourth-order valence-electron chi connectivity index (χ4n) is 1.46. The van der Waals surface area contributed by atoms with Gasteiger partial charge in [-0.25, -0.2) is 4.98 Å². The fourth-order valence-corrected chi connectivity index (χ4v) is 1.46. The molecule has 1 amide bonds. The third-order valence-electron chi connectivity index (χ3n) is 2.36. The number of carbonyl (C=O) groups excluding carboxylic acids is 1. The van der Waals surface area contributed by atoms with Crippen LogP contribution in [0.5, 0.6) is 5.75 Å². The zero-order valence-corrected chi connectivity index (χ0v) is 9.95. The quantitative estimate of drug-likeness (QED) is 0.828. The van der Waals surface area contributed by atoms with Gasteiger partial charge >= 0.3 is 0 Å². The van der Waals surface area contributed by atoms with Gasteiger partial charge in [0.25, 0.3) is 5.91 Å². The summed E-state index contributed by atoms with van der Waals surface area (Å²) in [7, 11) is 0. The van der Waals surface area contributed by atoms with Gasteiger partial charge < -0.3 is 14.6 Å². The van der Waals surface area contributed by atoms with Crippen molar-refractivity contribution in [1.82, 2.24) is 14.9 Å². The van der Waals surface area contributed by atoms with Crippen molar-refractivity contribution < 1.29 is 9.53 Å². The minimum atomic E-state index is -0.126. The number of imidazole rings is 1. The van der Waals surface area contributed by atoms with E-state index >= 15 is 0 Å². The number of ether oxygens (including phenoxy) is 1. The second kappa shape index (κ2) is 6.44. The van der Waals surface area contributed by atoms with Gasteiger partial charge in [0, 0.05) is 25.5 Å². The molecule has 2 rings (SSSR count). The van der Waals surface area contributed by atoms with Crippen LogP contribution in [0, 0.1) is 0 Å². The first-order chi connectivity index (χ1) is 8.84. The fraction of sp³-hybridized carbons (Fsp3) is 0.231. The van der Waals surface area contributed by atoms with Gasteiger partial charge in [0.05, 0.1) is 6.33 Å². The molecular formula is C13H15N3O2. The Hall–Kier alpha value is -2.30. The average molecular weight is 245 g/mol. The Bertz CT molecular complexity index is 468. The standard InChI is InChI=1S/C13H15N3O2/c17-13(10-18-12-4-2-1-3-5-12)15-7-9-16-8-6-14-11-16/h1-6,8,11H,7,9-10H2,(H,15,17). The van der Waals surface area contributed by atoms with E-state index < -0.39 is 0 Å². The van der Waals surface area contributed by atoms with E-state index in [1.807, 2.05) is 41.1 Å². The second-order valence-corrected chi connectivity index (χ2v) is 3.75. The normalized spacial score (nSPS) is 10.0. The molecule has 5 heteroatoms. The van der Waals surface area contributed by atoms with Crippen molar-refractivity contribution in [3.8, 4) is 5.75 Å². The van der Waals surface area contributed by atoms with E-state index in [9.17, 15) is 4.79 Å². The van der Waals surface area contributed by atoms with Gasteiger partial charge in [-0.3, -0.25) is 4.79 Å². The number of hydrogen-bond acceptors (Lipinski definition) is 3. The minimum Gasteiger partial charge on any atom is -0.484 e. The van der Waals surface area contributed by atoms with Crippen molar-refractivity contribution in [2.45, 2.75) is 6.54 Å². The number of nitrogens with zero attached hydrogens (tertiary/aromatic N) is 2. The van der Waals surface area contributed by atoms with Gasteiger partial charge in [0.2, 0.25) is 0 Å². The number of rotatable bonds is 6. The highest BCUT2D eigenvalue weighted by Gasteiger charge is 2.01. The van der Waals surface area contributed by atoms with Crippen LogP contribution >= 0.6 is 0 Å². The second-order valence-electron chi connectivity index (χ2n) is 3.75. The molecule has 1 aromatic carbocycles. The molecule has 0 saturated heterocycles. The third-order valence-corrected chi connectivity index (χ3v) is 2.36. The van der Waals surface area contributed by atoms with E-state index in [4.69, 9.17) is 4.74 Å². The van der Waals surface area contributed by atoms with Crippen molar-refractivity contribution in [1.29, 1.82) is 0 Å². The summed E-state index contributed by atoms with van der Waals surface area (Å²) in [5, 5.41) is 2.78. The van der Waals surface area contributed by atoms with Gasteiger partial charge in [-0.15, -0.1) is 0 Å². The Morgan fingerprint density at radius 1 is 1.33 bits per heavy atom. The summed E-state index contributed by atoms with van der Waals surface area (Å²) in [6.45, 7) is 1.30. The van der Waals surface area contributed by atoms with Gasteiger partial charge in [-0.05, 0) is 12.1 Å². The predicted octanol–water partition coefficient (Wildman–Crippen LogP) is 1.08. The lowest BCUT2D eigenvalue weighted by Gasteiger charge is -2.07. The van der Waals surface area contributed by atoms with E-state index in [1.54, 1.807) is 12.5 Å².